The predicted octanol–water partition coefficient (Wildman–Crippen LogP) is 3.10. The van der Waals surface area contributed by atoms with Gasteiger partial charge in [-0.05, 0) is 37.5 Å². The highest BCUT2D eigenvalue weighted by Crippen LogP contribution is 2.28. The van der Waals surface area contributed by atoms with Crippen molar-refractivity contribution in [2.75, 3.05) is 19.0 Å². The van der Waals surface area contributed by atoms with Crippen LogP contribution in [0.3, 0.4) is 0 Å². The van der Waals surface area contributed by atoms with Crippen LogP contribution in [-0.2, 0) is 11.3 Å². The van der Waals surface area contributed by atoms with Crippen LogP contribution in [0.5, 0.6) is 5.75 Å². The largest absolute Gasteiger partial charge is 0.496 e. The van der Waals surface area contributed by atoms with Gasteiger partial charge < -0.3 is 14.8 Å². The number of rotatable bonds is 6. The number of para-hydroxylation sites is 1. The SMILES string of the molecule is COc1ccccc1-c1cc(C(=O)Nc2cnn(C[C@H]3CCCCO3)c2)[nH]n1. The first-order chi connectivity index (χ1) is 13.7. The topological polar surface area (TPSA) is 94.1 Å². The molecule has 1 aromatic carbocycles. The number of hydrogen-bond donors (Lipinski definition) is 2. The van der Waals surface area contributed by atoms with E-state index in [2.05, 4.69) is 20.6 Å². The molecule has 146 valence electrons. The van der Waals surface area contributed by atoms with E-state index < -0.39 is 0 Å². The van der Waals surface area contributed by atoms with Crippen LogP contribution < -0.4 is 10.1 Å². The monoisotopic (exact) mass is 381 g/mol. The Hall–Kier alpha value is -3.13. The number of aromatic nitrogens is 4. The molecule has 1 aliphatic rings. The van der Waals surface area contributed by atoms with E-state index in [0.717, 1.165) is 25.0 Å². The lowest BCUT2D eigenvalue weighted by Gasteiger charge is -2.22. The van der Waals surface area contributed by atoms with E-state index >= 15 is 0 Å². The Morgan fingerprint density at radius 3 is 3.11 bits per heavy atom. The maximum Gasteiger partial charge on any atom is 0.273 e. The van der Waals surface area contributed by atoms with Crippen LogP contribution in [0.25, 0.3) is 11.3 Å². The van der Waals surface area contributed by atoms with Crippen molar-refractivity contribution in [1.82, 2.24) is 20.0 Å². The fourth-order valence-electron chi connectivity index (χ4n) is 3.32. The molecule has 1 aliphatic heterocycles. The highest BCUT2D eigenvalue weighted by Gasteiger charge is 2.17. The fourth-order valence-corrected chi connectivity index (χ4v) is 3.32. The molecule has 1 saturated heterocycles. The van der Waals surface area contributed by atoms with Crippen molar-refractivity contribution in [2.45, 2.75) is 31.9 Å². The maximum absolute atomic E-state index is 12.5. The molecule has 0 aliphatic carbocycles. The number of nitrogens with zero attached hydrogens (tertiary/aromatic N) is 3. The number of hydrogen-bond acceptors (Lipinski definition) is 5. The lowest BCUT2D eigenvalue weighted by Crippen LogP contribution is -2.24. The molecule has 2 N–H and O–H groups in total. The van der Waals surface area contributed by atoms with Crippen LogP contribution in [-0.4, -0.2) is 45.7 Å². The minimum atomic E-state index is -0.276. The minimum Gasteiger partial charge on any atom is -0.496 e. The average molecular weight is 381 g/mol. The van der Waals surface area contributed by atoms with Gasteiger partial charge >= 0.3 is 0 Å². The number of anilines is 1. The normalized spacial score (nSPS) is 16.7. The lowest BCUT2D eigenvalue weighted by molar-refractivity contribution is 0.00400. The zero-order chi connectivity index (χ0) is 19.3. The van der Waals surface area contributed by atoms with E-state index in [1.807, 2.05) is 30.5 Å². The molecule has 4 rings (SSSR count). The van der Waals surface area contributed by atoms with Crippen molar-refractivity contribution in [2.24, 2.45) is 0 Å². The Kier molecular flexibility index (Phi) is 5.38. The van der Waals surface area contributed by atoms with Gasteiger partial charge in [-0.2, -0.15) is 10.2 Å². The summed E-state index contributed by atoms with van der Waals surface area (Å²) in [5.41, 5.74) is 2.46. The van der Waals surface area contributed by atoms with Gasteiger partial charge in [-0.3, -0.25) is 14.6 Å². The first-order valence-electron chi connectivity index (χ1n) is 9.37. The van der Waals surface area contributed by atoms with Crippen LogP contribution >= 0.6 is 0 Å². The number of carbonyl (C=O) groups excluding carboxylic acids is 1. The van der Waals surface area contributed by atoms with Gasteiger partial charge in [0.1, 0.15) is 11.4 Å². The van der Waals surface area contributed by atoms with E-state index in [1.54, 1.807) is 24.1 Å². The molecule has 28 heavy (non-hydrogen) atoms. The van der Waals surface area contributed by atoms with Crippen molar-refractivity contribution in [3.05, 3.63) is 48.4 Å². The standard InChI is InChI=1S/C20H23N5O3/c1-27-19-8-3-2-7-16(19)17-10-18(24-23-17)20(26)22-14-11-21-25(12-14)13-15-6-4-5-9-28-15/h2-3,7-8,10-12,15H,4-6,9,13H2,1H3,(H,22,26)(H,23,24)/t15-/m1/s1. The zero-order valence-electron chi connectivity index (χ0n) is 15.7. The Bertz CT molecular complexity index is 943. The summed E-state index contributed by atoms with van der Waals surface area (Å²) in [4.78, 5) is 12.5. The second-order valence-corrected chi connectivity index (χ2v) is 6.76. The van der Waals surface area contributed by atoms with E-state index in [-0.39, 0.29) is 12.0 Å². The molecule has 3 heterocycles. The van der Waals surface area contributed by atoms with Gasteiger partial charge in [0, 0.05) is 18.4 Å². The first-order valence-corrected chi connectivity index (χ1v) is 9.37. The molecule has 0 unspecified atom stereocenters. The molecule has 0 bridgehead atoms. The molecule has 1 atom stereocenters. The molecular weight excluding hydrogens is 358 g/mol. The van der Waals surface area contributed by atoms with Crippen molar-refractivity contribution in [1.29, 1.82) is 0 Å². The van der Waals surface area contributed by atoms with Gasteiger partial charge in [0.05, 0.1) is 37.3 Å². The van der Waals surface area contributed by atoms with Crippen LogP contribution in [0.15, 0.2) is 42.7 Å². The van der Waals surface area contributed by atoms with Crippen molar-refractivity contribution < 1.29 is 14.3 Å². The van der Waals surface area contributed by atoms with E-state index in [1.165, 1.54) is 6.42 Å². The van der Waals surface area contributed by atoms with Gasteiger partial charge in [0.15, 0.2) is 0 Å². The van der Waals surface area contributed by atoms with Crippen molar-refractivity contribution in [3.8, 4) is 17.0 Å². The van der Waals surface area contributed by atoms with Crippen molar-refractivity contribution in [3.63, 3.8) is 0 Å². The molecule has 1 fully saturated rings. The summed E-state index contributed by atoms with van der Waals surface area (Å²) in [6, 6.07) is 9.24. The third kappa shape index (κ3) is 4.07. The lowest BCUT2D eigenvalue weighted by atomic mass is 10.1. The number of nitrogens with one attached hydrogen (secondary N) is 2. The van der Waals surface area contributed by atoms with Crippen LogP contribution in [0.4, 0.5) is 5.69 Å². The van der Waals surface area contributed by atoms with Gasteiger partial charge in [-0.25, -0.2) is 0 Å². The minimum absolute atomic E-state index is 0.188. The van der Waals surface area contributed by atoms with Gasteiger partial charge in [0.25, 0.3) is 5.91 Å². The molecule has 0 saturated carbocycles. The first kappa shape index (κ1) is 18.2. The third-order valence-corrected chi connectivity index (χ3v) is 4.76. The second kappa shape index (κ2) is 8.26. The Labute approximate surface area is 162 Å². The summed E-state index contributed by atoms with van der Waals surface area (Å²) in [7, 11) is 1.61. The summed E-state index contributed by atoms with van der Waals surface area (Å²) in [5, 5.41) is 14.2. The zero-order valence-corrected chi connectivity index (χ0v) is 15.7. The van der Waals surface area contributed by atoms with E-state index in [4.69, 9.17) is 9.47 Å². The van der Waals surface area contributed by atoms with Crippen LogP contribution in [0.1, 0.15) is 29.8 Å². The Morgan fingerprint density at radius 2 is 2.29 bits per heavy atom. The van der Waals surface area contributed by atoms with E-state index in [9.17, 15) is 4.79 Å². The Morgan fingerprint density at radius 1 is 1.39 bits per heavy atom. The quantitative estimate of drug-likeness (QED) is 0.684. The maximum atomic E-state index is 12.5. The summed E-state index contributed by atoms with van der Waals surface area (Å²) < 4.78 is 12.9. The summed E-state index contributed by atoms with van der Waals surface area (Å²) in [5.74, 6) is 0.425. The third-order valence-electron chi connectivity index (χ3n) is 4.76. The predicted molar refractivity (Wildman–Crippen MR) is 104 cm³/mol. The molecule has 8 nitrogen and oxygen atoms in total. The molecule has 2 aromatic heterocycles. The number of benzene rings is 1. The average Bonchev–Trinajstić information content (AvgIpc) is 3.38. The molecule has 0 spiro atoms. The van der Waals surface area contributed by atoms with Crippen molar-refractivity contribution >= 4 is 11.6 Å². The summed E-state index contributed by atoms with van der Waals surface area (Å²) in [6.45, 7) is 1.50. The van der Waals surface area contributed by atoms with Crippen LogP contribution in [0.2, 0.25) is 0 Å². The molecule has 8 heteroatoms. The Balaban J connectivity index is 1.41. The van der Waals surface area contributed by atoms with E-state index in [0.29, 0.717) is 29.4 Å². The smallest absolute Gasteiger partial charge is 0.273 e. The number of H-pyrrole nitrogens is 1. The van der Waals surface area contributed by atoms with Crippen LogP contribution in [0, 0.1) is 0 Å². The number of methoxy groups -OCH3 is 1. The molecular formula is C20H23N5O3. The molecule has 3 aromatic rings. The number of aromatic amines is 1. The van der Waals surface area contributed by atoms with Gasteiger partial charge in [-0.1, -0.05) is 12.1 Å². The summed E-state index contributed by atoms with van der Waals surface area (Å²) >= 11 is 0. The fraction of sp³-hybridized carbons (Fsp3) is 0.350. The molecule has 0 radical (unpaired) electrons. The van der Waals surface area contributed by atoms with Gasteiger partial charge in [-0.15, -0.1) is 0 Å². The second-order valence-electron chi connectivity index (χ2n) is 6.76. The molecule has 1 amide bonds. The highest BCUT2D eigenvalue weighted by atomic mass is 16.5. The summed E-state index contributed by atoms with van der Waals surface area (Å²) in [6.07, 6.45) is 6.99. The van der Waals surface area contributed by atoms with Gasteiger partial charge in [0.2, 0.25) is 0 Å². The number of amides is 1. The number of carbonyl (C=O) groups is 1. The highest BCUT2D eigenvalue weighted by molar-refractivity contribution is 6.03. The number of ether oxygens (including phenoxy) is 2.